The molecule has 1 saturated heterocycles. The first-order valence-corrected chi connectivity index (χ1v) is 8.70. The summed E-state index contributed by atoms with van der Waals surface area (Å²) in [5.74, 6) is 0.0432. The Balaban J connectivity index is 1.61. The van der Waals surface area contributed by atoms with Crippen molar-refractivity contribution in [2.75, 3.05) is 11.9 Å². The van der Waals surface area contributed by atoms with Gasteiger partial charge in [-0.3, -0.25) is 4.79 Å². The molecule has 2 heterocycles. The van der Waals surface area contributed by atoms with Crippen LogP contribution in [0, 0.1) is 0 Å². The molecule has 1 atom stereocenters. The van der Waals surface area contributed by atoms with Crippen molar-refractivity contribution < 1.29 is 4.79 Å². The lowest BCUT2D eigenvalue weighted by molar-refractivity contribution is -0.116. The number of nitrogens with zero attached hydrogens (tertiary/aromatic N) is 1. The van der Waals surface area contributed by atoms with Crippen LogP contribution >= 0.6 is 11.3 Å². The third-order valence-electron chi connectivity index (χ3n) is 4.00. The van der Waals surface area contributed by atoms with E-state index >= 15 is 0 Å². The van der Waals surface area contributed by atoms with Gasteiger partial charge in [0.15, 0.2) is 5.13 Å². The van der Waals surface area contributed by atoms with Crippen LogP contribution in [0.3, 0.4) is 0 Å². The highest BCUT2D eigenvalue weighted by Gasteiger charge is 2.18. The summed E-state index contributed by atoms with van der Waals surface area (Å²) >= 11 is 1.48. The molecule has 1 aliphatic rings. The number of aryl methyl sites for hydroxylation is 1. The van der Waals surface area contributed by atoms with Gasteiger partial charge in [0.05, 0.1) is 5.69 Å². The standard InChI is InChI=1S/C17H21N3OS/c1-2-12-5-7-13(8-6-12)15-11-22-17(19-15)20-16(21)10-14-4-3-9-18-14/h5-8,11,14,18H,2-4,9-10H2,1H3,(H,19,20,21). The first kappa shape index (κ1) is 15.2. The number of thiazole rings is 1. The third-order valence-corrected chi connectivity index (χ3v) is 4.76. The Kier molecular flexibility index (Phi) is 4.85. The fourth-order valence-corrected chi connectivity index (χ4v) is 3.44. The van der Waals surface area contributed by atoms with Crippen molar-refractivity contribution in [3.63, 3.8) is 0 Å². The van der Waals surface area contributed by atoms with Gasteiger partial charge < -0.3 is 10.6 Å². The van der Waals surface area contributed by atoms with Crippen LogP contribution in [0.4, 0.5) is 5.13 Å². The second-order valence-electron chi connectivity index (χ2n) is 5.63. The van der Waals surface area contributed by atoms with E-state index in [4.69, 9.17) is 0 Å². The Morgan fingerprint density at radius 1 is 1.41 bits per heavy atom. The van der Waals surface area contributed by atoms with Gasteiger partial charge in [0, 0.05) is 23.4 Å². The number of hydrogen-bond acceptors (Lipinski definition) is 4. The molecule has 1 aromatic carbocycles. The van der Waals surface area contributed by atoms with E-state index < -0.39 is 0 Å². The lowest BCUT2D eigenvalue weighted by Gasteiger charge is -2.08. The van der Waals surface area contributed by atoms with E-state index in [2.05, 4.69) is 46.8 Å². The lowest BCUT2D eigenvalue weighted by atomic mass is 10.1. The molecule has 2 aromatic rings. The number of rotatable bonds is 5. The lowest BCUT2D eigenvalue weighted by Crippen LogP contribution is -2.27. The molecule has 0 saturated carbocycles. The van der Waals surface area contributed by atoms with Gasteiger partial charge in [-0.2, -0.15) is 0 Å². The maximum Gasteiger partial charge on any atom is 0.227 e. The summed E-state index contributed by atoms with van der Waals surface area (Å²) in [6.07, 6.45) is 3.81. The zero-order valence-corrected chi connectivity index (χ0v) is 13.6. The minimum atomic E-state index is 0.0432. The zero-order valence-electron chi connectivity index (χ0n) is 12.8. The van der Waals surface area contributed by atoms with Crippen molar-refractivity contribution >= 4 is 22.4 Å². The van der Waals surface area contributed by atoms with E-state index in [-0.39, 0.29) is 5.91 Å². The van der Waals surface area contributed by atoms with Gasteiger partial charge in [-0.15, -0.1) is 11.3 Å². The molecular weight excluding hydrogens is 294 g/mol. The SMILES string of the molecule is CCc1ccc(-c2csc(NC(=O)CC3CCCN3)n2)cc1. The summed E-state index contributed by atoms with van der Waals surface area (Å²) in [6.45, 7) is 3.16. The molecule has 116 valence electrons. The first-order chi connectivity index (χ1) is 10.7. The number of benzene rings is 1. The number of carbonyl (C=O) groups excluding carboxylic acids is 1. The number of nitrogens with one attached hydrogen (secondary N) is 2. The van der Waals surface area contributed by atoms with Crippen molar-refractivity contribution in [2.45, 2.75) is 38.6 Å². The Labute approximate surface area is 135 Å². The molecule has 22 heavy (non-hydrogen) atoms. The fourth-order valence-electron chi connectivity index (χ4n) is 2.70. The minimum Gasteiger partial charge on any atom is -0.313 e. The van der Waals surface area contributed by atoms with Crippen LogP contribution in [0.15, 0.2) is 29.6 Å². The quantitative estimate of drug-likeness (QED) is 0.888. The number of aromatic nitrogens is 1. The van der Waals surface area contributed by atoms with E-state index in [0.29, 0.717) is 17.6 Å². The summed E-state index contributed by atoms with van der Waals surface area (Å²) in [5, 5.41) is 8.92. The molecule has 0 radical (unpaired) electrons. The van der Waals surface area contributed by atoms with E-state index in [1.807, 2.05) is 5.38 Å². The molecule has 1 aliphatic heterocycles. The van der Waals surface area contributed by atoms with Gasteiger partial charge in [-0.1, -0.05) is 31.2 Å². The zero-order chi connectivity index (χ0) is 15.4. The summed E-state index contributed by atoms with van der Waals surface area (Å²) in [4.78, 5) is 16.5. The summed E-state index contributed by atoms with van der Waals surface area (Å²) in [7, 11) is 0. The topological polar surface area (TPSA) is 54.0 Å². The van der Waals surface area contributed by atoms with Crippen LogP contribution in [0.5, 0.6) is 0 Å². The Bertz CT molecular complexity index is 630. The van der Waals surface area contributed by atoms with Gasteiger partial charge in [-0.05, 0) is 31.4 Å². The normalized spacial score (nSPS) is 17.6. The molecule has 0 bridgehead atoms. The average molecular weight is 315 g/mol. The molecule has 4 nitrogen and oxygen atoms in total. The Morgan fingerprint density at radius 3 is 2.91 bits per heavy atom. The van der Waals surface area contributed by atoms with Crippen molar-refractivity contribution in [1.29, 1.82) is 0 Å². The molecule has 0 spiro atoms. The van der Waals surface area contributed by atoms with Crippen LogP contribution < -0.4 is 10.6 Å². The molecule has 1 fully saturated rings. The highest BCUT2D eigenvalue weighted by Crippen LogP contribution is 2.25. The maximum atomic E-state index is 12.0. The van der Waals surface area contributed by atoms with Crippen molar-refractivity contribution in [3.8, 4) is 11.3 Å². The van der Waals surface area contributed by atoms with Crippen LogP contribution in [0.2, 0.25) is 0 Å². The molecule has 5 heteroatoms. The molecule has 2 N–H and O–H groups in total. The molecule has 1 aromatic heterocycles. The van der Waals surface area contributed by atoms with Crippen molar-refractivity contribution in [2.24, 2.45) is 0 Å². The average Bonchev–Trinajstić information content (AvgIpc) is 3.19. The van der Waals surface area contributed by atoms with Gasteiger partial charge in [0.25, 0.3) is 0 Å². The van der Waals surface area contributed by atoms with Crippen LogP contribution in [-0.4, -0.2) is 23.5 Å². The highest BCUT2D eigenvalue weighted by molar-refractivity contribution is 7.14. The summed E-state index contributed by atoms with van der Waals surface area (Å²) < 4.78 is 0. The monoisotopic (exact) mass is 315 g/mol. The van der Waals surface area contributed by atoms with Crippen LogP contribution in [0.1, 0.15) is 31.7 Å². The van der Waals surface area contributed by atoms with E-state index in [1.54, 1.807) is 0 Å². The number of hydrogen-bond donors (Lipinski definition) is 2. The van der Waals surface area contributed by atoms with Crippen molar-refractivity contribution in [1.82, 2.24) is 10.3 Å². The summed E-state index contributed by atoms with van der Waals surface area (Å²) in [5.41, 5.74) is 3.32. The van der Waals surface area contributed by atoms with Gasteiger partial charge in [0.2, 0.25) is 5.91 Å². The number of amides is 1. The number of carbonyl (C=O) groups is 1. The van der Waals surface area contributed by atoms with Crippen LogP contribution in [0.25, 0.3) is 11.3 Å². The minimum absolute atomic E-state index is 0.0432. The smallest absolute Gasteiger partial charge is 0.227 e. The maximum absolute atomic E-state index is 12.0. The van der Waals surface area contributed by atoms with Gasteiger partial charge >= 0.3 is 0 Å². The van der Waals surface area contributed by atoms with Crippen molar-refractivity contribution in [3.05, 3.63) is 35.2 Å². The Morgan fingerprint density at radius 2 is 2.23 bits per heavy atom. The summed E-state index contributed by atoms with van der Waals surface area (Å²) in [6, 6.07) is 8.74. The molecule has 1 amide bonds. The highest BCUT2D eigenvalue weighted by atomic mass is 32.1. The number of anilines is 1. The predicted molar refractivity (Wildman–Crippen MR) is 91.2 cm³/mol. The first-order valence-electron chi connectivity index (χ1n) is 7.82. The molecule has 1 unspecified atom stereocenters. The van der Waals surface area contributed by atoms with E-state index in [0.717, 1.165) is 37.1 Å². The van der Waals surface area contributed by atoms with E-state index in [9.17, 15) is 4.79 Å². The second kappa shape index (κ2) is 7.03. The molecule has 3 rings (SSSR count). The molecule has 0 aliphatic carbocycles. The van der Waals surface area contributed by atoms with Crippen LogP contribution in [-0.2, 0) is 11.2 Å². The predicted octanol–water partition coefficient (Wildman–Crippen LogP) is 3.45. The van der Waals surface area contributed by atoms with Gasteiger partial charge in [-0.25, -0.2) is 4.98 Å². The fraction of sp³-hybridized carbons (Fsp3) is 0.412. The third kappa shape index (κ3) is 3.72. The van der Waals surface area contributed by atoms with E-state index in [1.165, 1.54) is 16.9 Å². The Hall–Kier alpha value is -1.72. The van der Waals surface area contributed by atoms with Gasteiger partial charge in [0.1, 0.15) is 0 Å². The molecular formula is C17H21N3OS. The second-order valence-corrected chi connectivity index (χ2v) is 6.49. The largest absolute Gasteiger partial charge is 0.313 e.